The molecule has 31 heavy (non-hydrogen) atoms. The molecule has 2 aliphatic rings. The number of anilines is 1. The third kappa shape index (κ3) is 5.68. The summed E-state index contributed by atoms with van der Waals surface area (Å²) in [6.45, 7) is 5.67. The van der Waals surface area contributed by atoms with Gasteiger partial charge in [0.15, 0.2) is 10.7 Å². The van der Waals surface area contributed by atoms with Gasteiger partial charge in [-0.15, -0.1) is 11.3 Å². The predicted octanol–water partition coefficient (Wildman–Crippen LogP) is 1.62. The van der Waals surface area contributed by atoms with Crippen LogP contribution in [0.1, 0.15) is 17.4 Å². The normalized spacial score (nSPS) is 22.3. The highest BCUT2D eigenvalue weighted by Gasteiger charge is 2.42. The molecule has 4 rings (SSSR count). The topological polar surface area (TPSA) is 84.0 Å². The van der Waals surface area contributed by atoms with Crippen molar-refractivity contribution >= 4 is 28.3 Å². The number of rotatable bonds is 6. The number of ether oxygens (including phenoxy) is 2. The van der Waals surface area contributed by atoms with Gasteiger partial charge in [0.25, 0.3) is 5.91 Å². The molecular weight excluding hydrogens is 416 g/mol. The number of morpholine rings is 2. The van der Waals surface area contributed by atoms with E-state index in [1.54, 1.807) is 11.1 Å². The summed E-state index contributed by atoms with van der Waals surface area (Å²) < 4.78 is 11.2. The summed E-state index contributed by atoms with van der Waals surface area (Å²) >= 11 is 1.48. The Morgan fingerprint density at radius 1 is 1.16 bits per heavy atom. The number of hydrogen-bond donors (Lipinski definition) is 1. The van der Waals surface area contributed by atoms with Crippen molar-refractivity contribution in [1.82, 2.24) is 14.8 Å². The van der Waals surface area contributed by atoms with E-state index >= 15 is 0 Å². The number of thiazole rings is 1. The molecule has 0 unspecified atom stereocenters. The lowest BCUT2D eigenvalue weighted by Crippen LogP contribution is -2.61. The molecule has 1 aromatic carbocycles. The molecule has 0 saturated carbocycles. The number of nitrogens with zero attached hydrogens (tertiary/aromatic N) is 3. The molecule has 1 aromatic heterocycles. The molecule has 166 valence electrons. The fraction of sp³-hybridized carbons (Fsp3) is 0.500. The van der Waals surface area contributed by atoms with E-state index in [0.717, 1.165) is 11.3 Å². The third-order valence-electron chi connectivity index (χ3n) is 5.49. The fourth-order valence-electron chi connectivity index (χ4n) is 3.92. The van der Waals surface area contributed by atoms with E-state index < -0.39 is 5.60 Å². The van der Waals surface area contributed by atoms with Crippen molar-refractivity contribution in [2.24, 2.45) is 0 Å². The van der Waals surface area contributed by atoms with Crippen molar-refractivity contribution < 1.29 is 19.1 Å². The van der Waals surface area contributed by atoms with Crippen molar-refractivity contribution in [3.8, 4) is 0 Å². The van der Waals surface area contributed by atoms with Gasteiger partial charge in [-0.05, 0) is 12.5 Å². The van der Waals surface area contributed by atoms with Gasteiger partial charge in [-0.3, -0.25) is 14.5 Å². The van der Waals surface area contributed by atoms with Crippen LogP contribution < -0.4 is 5.32 Å². The zero-order chi connectivity index (χ0) is 21.7. The lowest BCUT2D eigenvalue weighted by atomic mass is 10.0. The number of hydrogen-bond acceptors (Lipinski definition) is 7. The van der Waals surface area contributed by atoms with Gasteiger partial charge in [-0.25, -0.2) is 4.98 Å². The number of aromatic nitrogens is 1. The van der Waals surface area contributed by atoms with Crippen LogP contribution >= 0.6 is 11.3 Å². The van der Waals surface area contributed by atoms with E-state index in [-0.39, 0.29) is 18.4 Å². The first kappa shape index (κ1) is 21.9. The molecule has 2 saturated heterocycles. The minimum atomic E-state index is -0.945. The van der Waals surface area contributed by atoms with Crippen LogP contribution in [0.5, 0.6) is 0 Å². The Morgan fingerprint density at radius 2 is 1.94 bits per heavy atom. The van der Waals surface area contributed by atoms with Crippen LogP contribution in [0.2, 0.25) is 0 Å². The van der Waals surface area contributed by atoms with Gasteiger partial charge in [-0.1, -0.05) is 30.3 Å². The SMILES string of the molecule is C[C@@]1(C(=O)N2CCOCC2)CN(CC(=O)Nc2ncc(Cc3ccccc3)s2)CCO1. The molecule has 0 spiro atoms. The van der Waals surface area contributed by atoms with E-state index in [9.17, 15) is 9.59 Å². The summed E-state index contributed by atoms with van der Waals surface area (Å²) in [7, 11) is 0. The summed E-state index contributed by atoms with van der Waals surface area (Å²) in [4.78, 5) is 34.7. The predicted molar refractivity (Wildman–Crippen MR) is 118 cm³/mol. The zero-order valence-electron chi connectivity index (χ0n) is 17.7. The first-order chi connectivity index (χ1) is 15.0. The third-order valence-corrected chi connectivity index (χ3v) is 6.41. The van der Waals surface area contributed by atoms with E-state index in [0.29, 0.717) is 51.1 Å². The van der Waals surface area contributed by atoms with Crippen LogP contribution in [0.25, 0.3) is 0 Å². The lowest BCUT2D eigenvalue weighted by Gasteiger charge is -2.42. The second kappa shape index (κ2) is 9.86. The lowest BCUT2D eigenvalue weighted by molar-refractivity contribution is -0.171. The molecule has 3 heterocycles. The van der Waals surface area contributed by atoms with Crippen molar-refractivity contribution in [2.45, 2.75) is 18.9 Å². The largest absolute Gasteiger partial charge is 0.378 e. The van der Waals surface area contributed by atoms with E-state index in [2.05, 4.69) is 22.4 Å². The number of benzene rings is 1. The molecule has 2 amide bonds. The molecule has 2 fully saturated rings. The van der Waals surface area contributed by atoms with E-state index in [1.807, 2.05) is 30.0 Å². The van der Waals surface area contributed by atoms with Gasteiger partial charge in [0.05, 0.1) is 26.4 Å². The maximum absolute atomic E-state index is 13.0. The summed E-state index contributed by atoms with van der Waals surface area (Å²) in [5, 5.41) is 3.48. The summed E-state index contributed by atoms with van der Waals surface area (Å²) in [5.74, 6) is -0.171. The zero-order valence-corrected chi connectivity index (χ0v) is 18.5. The smallest absolute Gasteiger partial charge is 0.256 e. The summed E-state index contributed by atoms with van der Waals surface area (Å²) in [5.41, 5.74) is 0.265. The second-order valence-corrected chi connectivity index (χ2v) is 9.15. The van der Waals surface area contributed by atoms with Crippen molar-refractivity contribution in [3.05, 3.63) is 47.0 Å². The van der Waals surface area contributed by atoms with Gasteiger partial charge in [-0.2, -0.15) is 0 Å². The molecule has 1 atom stereocenters. The van der Waals surface area contributed by atoms with Crippen LogP contribution in [0.4, 0.5) is 5.13 Å². The van der Waals surface area contributed by atoms with Crippen molar-refractivity contribution in [1.29, 1.82) is 0 Å². The number of nitrogens with one attached hydrogen (secondary N) is 1. The molecule has 0 aliphatic carbocycles. The van der Waals surface area contributed by atoms with E-state index in [1.165, 1.54) is 16.9 Å². The monoisotopic (exact) mass is 444 g/mol. The molecule has 1 N–H and O–H groups in total. The minimum Gasteiger partial charge on any atom is -0.378 e. The van der Waals surface area contributed by atoms with Gasteiger partial charge >= 0.3 is 0 Å². The van der Waals surface area contributed by atoms with Crippen LogP contribution in [0.15, 0.2) is 36.5 Å². The average molecular weight is 445 g/mol. The Balaban J connectivity index is 1.30. The maximum atomic E-state index is 13.0. The fourth-order valence-corrected chi connectivity index (χ4v) is 4.79. The molecule has 8 nitrogen and oxygen atoms in total. The van der Waals surface area contributed by atoms with Crippen LogP contribution in [0.3, 0.4) is 0 Å². The van der Waals surface area contributed by atoms with Gasteiger partial charge in [0.1, 0.15) is 0 Å². The van der Waals surface area contributed by atoms with Crippen LogP contribution in [-0.2, 0) is 25.5 Å². The quantitative estimate of drug-likeness (QED) is 0.729. The van der Waals surface area contributed by atoms with Gasteiger partial charge in [0, 0.05) is 43.7 Å². The minimum absolute atomic E-state index is 0.0358. The number of carbonyl (C=O) groups excluding carboxylic acids is 2. The Hall–Kier alpha value is -2.33. The Labute approximate surface area is 186 Å². The highest BCUT2D eigenvalue weighted by molar-refractivity contribution is 7.15. The van der Waals surface area contributed by atoms with Crippen LogP contribution in [0, 0.1) is 0 Å². The average Bonchev–Trinajstić information content (AvgIpc) is 3.21. The first-order valence-corrected chi connectivity index (χ1v) is 11.4. The van der Waals surface area contributed by atoms with Crippen molar-refractivity contribution in [3.63, 3.8) is 0 Å². The summed E-state index contributed by atoms with van der Waals surface area (Å²) in [6, 6.07) is 10.2. The molecule has 2 aliphatic heterocycles. The molecule has 2 aromatic rings. The standard InChI is InChI=1S/C22H28N4O4S/c1-22(20(28)26-8-10-29-11-9-26)16-25(7-12-30-22)15-19(27)24-21-23-14-18(31-21)13-17-5-3-2-4-6-17/h2-6,14H,7-13,15-16H2,1H3,(H,23,24,27)/t22-/m0/s1. The second-order valence-electron chi connectivity index (χ2n) is 8.04. The number of amides is 2. The number of carbonyl (C=O) groups is 2. The first-order valence-electron chi connectivity index (χ1n) is 10.5. The molecule has 9 heteroatoms. The van der Waals surface area contributed by atoms with Gasteiger partial charge in [0.2, 0.25) is 5.91 Å². The van der Waals surface area contributed by atoms with Crippen molar-refractivity contribution in [2.75, 3.05) is 57.9 Å². The highest BCUT2D eigenvalue weighted by Crippen LogP contribution is 2.23. The highest BCUT2D eigenvalue weighted by atomic mass is 32.1. The van der Waals surface area contributed by atoms with Crippen LogP contribution in [-0.4, -0.2) is 84.7 Å². The Kier molecular flexibility index (Phi) is 6.96. The van der Waals surface area contributed by atoms with Gasteiger partial charge < -0.3 is 19.7 Å². The maximum Gasteiger partial charge on any atom is 0.256 e. The van der Waals surface area contributed by atoms with E-state index in [4.69, 9.17) is 9.47 Å². The summed E-state index contributed by atoms with van der Waals surface area (Å²) in [6.07, 6.45) is 2.60. The molecule has 0 radical (unpaired) electrons. The molecule has 0 bridgehead atoms. The Morgan fingerprint density at radius 3 is 2.71 bits per heavy atom. The Bertz CT molecular complexity index is 900. The molecular formula is C22H28N4O4S.